The fourth-order valence-corrected chi connectivity index (χ4v) is 3.40. The molecule has 1 N–H and O–H groups in total. The zero-order valence-electron chi connectivity index (χ0n) is 13.6. The van der Waals surface area contributed by atoms with Crippen molar-refractivity contribution in [2.45, 2.75) is 26.3 Å². The average molecular weight is 322 g/mol. The van der Waals surface area contributed by atoms with Gasteiger partial charge in [0.25, 0.3) is 0 Å². The number of carbonyl (C=O) groups excluding carboxylic acids is 1. The topological polar surface area (TPSA) is 36.1 Å². The third kappa shape index (κ3) is 2.68. The van der Waals surface area contributed by atoms with Crippen LogP contribution in [0.25, 0.3) is 10.9 Å². The number of rotatable bonds is 2. The molecule has 0 saturated heterocycles. The molecule has 0 fully saturated rings. The summed E-state index contributed by atoms with van der Waals surface area (Å²) in [6, 6.07) is 12.9. The maximum absolute atomic E-state index is 13.4. The van der Waals surface area contributed by atoms with Crippen LogP contribution in [0, 0.1) is 12.7 Å². The minimum atomic E-state index is -0.242. The molecule has 4 rings (SSSR count). The van der Waals surface area contributed by atoms with Crippen LogP contribution in [-0.4, -0.2) is 22.3 Å². The Labute approximate surface area is 140 Å². The van der Waals surface area contributed by atoms with Crippen molar-refractivity contribution >= 4 is 16.8 Å². The second-order valence-corrected chi connectivity index (χ2v) is 6.50. The first-order chi connectivity index (χ1) is 11.6. The number of halogens is 1. The molecular formula is C20H19FN2O. The summed E-state index contributed by atoms with van der Waals surface area (Å²) in [5.74, 6) is -0.102. The van der Waals surface area contributed by atoms with E-state index in [1.807, 2.05) is 36.1 Å². The van der Waals surface area contributed by atoms with E-state index < -0.39 is 0 Å². The van der Waals surface area contributed by atoms with Gasteiger partial charge in [0.15, 0.2) is 0 Å². The SMILES string of the molecule is Cc1ccc(CC(=O)N2CCc3[nH]c4cc(F)ccc4c3C2)cc1. The van der Waals surface area contributed by atoms with Crippen molar-refractivity contribution < 1.29 is 9.18 Å². The number of hydrogen-bond donors (Lipinski definition) is 1. The average Bonchev–Trinajstić information content (AvgIpc) is 2.93. The third-order valence-corrected chi connectivity index (χ3v) is 4.77. The van der Waals surface area contributed by atoms with Gasteiger partial charge in [-0.2, -0.15) is 0 Å². The lowest BCUT2D eigenvalue weighted by atomic mass is 10.0. The van der Waals surface area contributed by atoms with E-state index in [0.717, 1.165) is 34.1 Å². The normalized spacial score (nSPS) is 14.0. The Kier molecular flexibility index (Phi) is 3.60. The van der Waals surface area contributed by atoms with Crippen molar-refractivity contribution in [1.29, 1.82) is 0 Å². The van der Waals surface area contributed by atoms with Crippen LogP contribution >= 0.6 is 0 Å². The first kappa shape index (κ1) is 14.9. The quantitative estimate of drug-likeness (QED) is 0.766. The number of nitrogens with zero attached hydrogens (tertiary/aromatic N) is 1. The standard InChI is InChI=1S/C20H19FN2O/c1-13-2-4-14(5-3-13)10-20(24)23-9-8-18-17(12-23)16-7-6-15(21)11-19(16)22-18/h2-7,11,22H,8-10,12H2,1H3. The maximum Gasteiger partial charge on any atom is 0.227 e. The molecule has 122 valence electrons. The lowest BCUT2D eigenvalue weighted by molar-refractivity contribution is -0.131. The number of aromatic amines is 1. The number of amides is 1. The Morgan fingerprint density at radius 1 is 1.21 bits per heavy atom. The summed E-state index contributed by atoms with van der Waals surface area (Å²) in [5, 5.41) is 1.01. The fourth-order valence-electron chi connectivity index (χ4n) is 3.40. The minimum Gasteiger partial charge on any atom is -0.358 e. The van der Waals surface area contributed by atoms with E-state index in [-0.39, 0.29) is 11.7 Å². The van der Waals surface area contributed by atoms with E-state index in [2.05, 4.69) is 4.98 Å². The summed E-state index contributed by atoms with van der Waals surface area (Å²) in [6.07, 6.45) is 1.21. The van der Waals surface area contributed by atoms with Crippen LogP contribution in [0.4, 0.5) is 4.39 Å². The van der Waals surface area contributed by atoms with Gasteiger partial charge in [0.1, 0.15) is 5.82 Å². The van der Waals surface area contributed by atoms with Crippen molar-refractivity contribution in [3.05, 3.63) is 70.7 Å². The summed E-state index contributed by atoms with van der Waals surface area (Å²) in [7, 11) is 0. The highest BCUT2D eigenvalue weighted by molar-refractivity contribution is 5.86. The van der Waals surface area contributed by atoms with Crippen molar-refractivity contribution in [3.8, 4) is 0 Å². The smallest absolute Gasteiger partial charge is 0.227 e. The molecule has 0 spiro atoms. The number of fused-ring (bicyclic) bond motifs is 3. The molecule has 24 heavy (non-hydrogen) atoms. The Morgan fingerprint density at radius 3 is 2.79 bits per heavy atom. The third-order valence-electron chi connectivity index (χ3n) is 4.77. The Balaban J connectivity index is 1.56. The molecule has 1 aliphatic heterocycles. The van der Waals surface area contributed by atoms with Gasteiger partial charge in [0.2, 0.25) is 5.91 Å². The van der Waals surface area contributed by atoms with Crippen LogP contribution in [0.5, 0.6) is 0 Å². The molecule has 0 unspecified atom stereocenters. The molecule has 0 saturated carbocycles. The predicted octanol–water partition coefficient (Wildman–Crippen LogP) is 3.74. The van der Waals surface area contributed by atoms with E-state index in [1.165, 1.54) is 17.7 Å². The van der Waals surface area contributed by atoms with Crippen LogP contribution in [-0.2, 0) is 24.2 Å². The predicted molar refractivity (Wildman–Crippen MR) is 92.3 cm³/mol. The van der Waals surface area contributed by atoms with Gasteiger partial charge in [0.05, 0.1) is 6.42 Å². The monoisotopic (exact) mass is 322 g/mol. The molecule has 0 atom stereocenters. The summed E-state index contributed by atoms with van der Waals surface area (Å²) >= 11 is 0. The summed E-state index contributed by atoms with van der Waals surface area (Å²) < 4.78 is 13.4. The molecule has 0 aliphatic carbocycles. The van der Waals surface area contributed by atoms with Gasteiger partial charge >= 0.3 is 0 Å². The highest BCUT2D eigenvalue weighted by Gasteiger charge is 2.24. The van der Waals surface area contributed by atoms with Crippen LogP contribution in [0.1, 0.15) is 22.4 Å². The summed E-state index contributed by atoms with van der Waals surface area (Å²) in [6.45, 7) is 3.33. The molecule has 2 aromatic carbocycles. The van der Waals surface area contributed by atoms with Gasteiger partial charge in [-0.25, -0.2) is 4.39 Å². The van der Waals surface area contributed by atoms with Gasteiger partial charge in [-0.05, 0) is 30.7 Å². The largest absolute Gasteiger partial charge is 0.358 e. The highest BCUT2D eigenvalue weighted by atomic mass is 19.1. The number of aromatic nitrogens is 1. The molecule has 3 nitrogen and oxygen atoms in total. The zero-order valence-corrected chi connectivity index (χ0v) is 13.6. The molecule has 1 amide bonds. The molecule has 0 bridgehead atoms. The molecule has 1 aliphatic rings. The molecular weight excluding hydrogens is 303 g/mol. The molecule has 2 heterocycles. The number of nitrogens with one attached hydrogen (secondary N) is 1. The van der Waals surface area contributed by atoms with Gasteiger partial charge in [-0.3, -0.25) is 4.79 Å². The zero-order chi connectivity index (χ0) is 16.7. The first-order valence-corrected chi connectivity index (χ1v) is 8.22. The van der Waals surface area contributed by atoms with E-state index >= 15 is 0 Å². The lowest BCUT2D eigenvalue weighted by Gasteiger charge is -2.27. The number of hydrogen-bond acceptors (Lipinski definition) is 1. The minimum absolute atomic E-state index is 0.140. The maximum atomic E-state index is 13.4. The number of benzene rings is 2. The summed E-state index contributed by atoms with van der Waals surface area (Å²) in [5.41, 5.74) is 5.29. The van der Waals surface area contributed by atoms with Crippen LogP contribution < -0.4 is 0 Å². The van der Waals surface area contributed by atoms with E-state index in [0.29, 0.717) is 19.5 Å². The van der Waals surface area contributed by atoms with Gasteiger partial charge in [-0.1, -0.05) is 29.8 Å². The molecule has 1 aromatic heterocycles. The Morgan fingerprint density at radius 2 is 2.00 bits per heavy atom. The number of carbonyl (C=O) groups is 1. The molecule has 0 radical (unpaired) electrons. The van der Waals surface area contributed by atoms with Crippen molar-refractivity contribution in [1.82, 2.24) is 9.88 Å². The lowest BCUT2D eigenvalue weighted by Crippen LogP contribution is -2.36. The number of aryl methyl sites for hydroxylation is 1. The molecule has 4 heteroatoms. The second kappa shape index (κ2) is 5.78. The van der Waals surface area contributed by atoms with E-state index in [9.17, 15) is 9.18 Å². The Hall–Kier alpha value is -2.62. The second-order valence-electron chi connectivity index (χ2n) is 6.50. The van der Waals surface area contributed by atoms with Gasteiger partial charge < -0.3 is 9.88 Å². The molecule has 3 aromatic rings. The first-order valence-electron chi connectivity index (χ1n) is 8.22. The van der Waals surface area contributed by atoms with Crippen LogP contribution in [0.3, 0.4) is 0 Å². The van der Waals surface area contributed by atoms with Crippen molar-refractivity contribution in [2.75, 3.05) is 6.54 Å². The van der Waals surface area contributed by atoms with Crippen LogP contribution in [0.15, 0.2) is 42.5 Å². The van der Waals surface area contributed by atoms with Crippen molar-refractivity contribution in [3.63, 3.8) is 0 Å². The number of H-pyrrole nitrogens is 1. The fraction of sp³-hybridized carbons (Fsp3) is 0.250. The van der Waals surface area contributed by atoms with E-state index in [4.69, 9.17) is 0 Å². The van der Waals surface area contributed by atoms with Gasteiger partial charge in [-0.15, -0.1) is 0 Å². The highest BCUT2D eigenvalue weighted by Crippen LogP contribution is 2.28. The van der Waals surface area contributed by atoms with Crippen molar-refractivity contribution in [2.24, 2.45) is 0 Å². The summed E-state index contributed by atoms with van der Waals surface area (Å²) in [4.78, 5) is 17.8. The Bertz CT molecular complexity index is 911. The van der Waals surface area contributed by atoms with Gasteiger partial charge in [0, 0.05) is 41.7 Å². The van der Waals surface area contributed by atoms with E-state index in [1.54, 1.807) is 6.07 Å². The van der Waals surface area contributed by atoms with Crippen LogP contribution in [0.2, 0.25) is 0 Å².